The summed E-state index contributed by atoms with van der Waals surface area (Å²) in [5.74, 6) is -0.736. The highest BCUT2D eigenvalue weighted by atomic mass is 35.6. The highest BCUT2D eigenvalue weighted by Crippen LogP contribution is 2.29. The summed E-state index contributed by atoms with van der Waals surface area (Å²) in [7, 11) is 1.77. The van der Waals surface area contributed by atoms with Crippen LogP contribution in [0.2, 0.25) is 0 Å². The quantitative estimate of drug-likeness (QED) is 0.420. The van der Waals surface area contributed by atoms with Crippen molar-refractivity contribution >= 4 is 75.3 Å². The highest BCUT2D eigenvalue weighted by Gasteiger charge is 2.40. The van der Waals surface area contributed by atoms with Gasteiger partial charge in [0.05, 0.1) is 11.7 Å². The molecule has 2 unspecified atom stereocenters. The maximum atomic E-state index is 12.8. The van der Waals surface area contributed by atoms with Crippen molar-refractivity contribution in [3.8, 4) is 0 Å². The van der Waals surface area contributed by atoms with Gasteiger partial charge in [-0.2, -0.15) is 0 Å². The molecule has 1 aromatic rings. The van der Waals surface area contributed by atoms with Crippen molar-refractivity contribution in [2.75, 3.05) is 12.1 Å². The lowest BCUT2D eigenvalue weighted by Gasteiger charge is -2.26. The Bertz CT molecular complexity index is 769. The van der Waals surface area contributed by atoms with Crippen molar-refractivity contribution in [3.05, 3.63) is 30.3 Å². The summed E-state index contributed by atoms with van der Waals surface area (Å²) in [4.78, 5) is 28.3. The van der Waals surface area contributed by atoms with E-state index < -0.39 is 15.9 Å². The Labute approximate surface area is 177 Å². The van der Waals surface area contributed by atoms with E-state index in [2.05, 4.69) is 15.6 Å². The number of hydrogen-bond acceptors (Lipinski definition) is 4. The maximum absolute atomic E-state index is 12.8. The first-order valence-corrected chi connectivity index (χ1v) is 9.41. The van der Waals surface area contributed by atoms with E-state index in [1.54, 1.807) is 12.1 Å². The van der Waals surface area contributed by atoms with E-state index >= 15 is 0 Å². The molecule has 1 saturated heterocycles. The molecule has 1 fully saturated rings. The van der Waals surface area contributed by atoms with E-state index in [0.717, 1.165) is 0 Å². The zero-order chi connectivity index (χ0) is 20.4. The number of alkyl halides is 3. The predicted molar refractivity (Wildman–Crippen MR) is 112 cm³/mol. The second-order valence-electron chi connectivity index (χ2n) is 5.82. The molecule has 7 nitrogen and oxygen atoms in total. The number of carbonyl (C=O) groups is 2. The molecule has 0 aliphatic carbocycles. The molecule has 2 rings (SSSR count). The topological polar surface area (TPSA) is 77.0 Å². The van der Waals surface area contributed by atoms with Crippen molar-refractivity contribution in [2.24, 2.45) is 4.99 Å². The van der Waals surface area contributed by atoms with Crippen LogP contribution in [0.15, 0.2) is 35.3 Å². The summed E-state index contributed by atoms with van der Waals surface area (Å²) in [6.45, 7) is 3.10. The molecule has 0 saturated carbocycles. The molecule has 2 atom stereocenters. The fraction of sp³-hybridized carbons (Fsp3) is 0.375. The Morgan fingerprint density at radius 3 is 2.37 bits per heavy atom. The number of nitrogens with zero attached hydrogens (tertiary/aromatic N) is 3. The Hall–Kier alpha value is -1.45. The zero-order valence-electron chi connectivity index (χ0n) is 14.7. The maximum Gasteiger partial charge on any atom is 0.289 e. The number of benzene rings is 1. The zero-order valence-corrected chi connectivity index (χ0v) is 17.8. The monoisotopic (exact) mass is 449 g/mol. The van der Waals surface area contributed by atoms with Gasteiger partial charge in [0.2, 0.25) is 9.70 Å². The van der Waals surface area contributed by atoms with Crippen LogP contribution in [0.1, 0.15) is 13.8 Å². The number of halogens is 3. The number of aliphatic imine (C=N–C) groups is 1. The number of hydrogen-bond donors (Lipinski definition) is 2. The van der Waals surface area contributed by atoms with Gasteiger partial charge in [-0.1, -0.05) is 53.0 Å². The van der Waals surface area contributed by atoms with Gasteiger partial charge >= 0.3 is 0 Å². The number of anilines is 1. The van der Waals surface area contributed by atoms with Gasteiger partial charge in [-0.25, -0.2) is 15.0 Å². The second-order valence-corrected chi connectivity index (χ2v) is 8.58. The molecule has 2 N–H and O–H groups in total. The van der Waals surface area contributed by atoms with Gasteiger partial charge in [0.1, 0.15) is 11.9 Å². The van der Waals surface area contributed by atoms with Gasteiger partial charge in [0.25, 0.3) is 5.91 Å². The van der Waals surface area contributed by atoms with E-state index in [0.29, 0.717) is 5.69 Å². The van der Waals surface area contributed by atoms with E-state index in [-0.39, 0.29) is 22.8 Å². The van der Waals surface area contributed by atoms with Gasteiger partial charge in [0.15, 0.2) is 5.11 Å². The van der Waals surface area contributed by atoms with Crippen LogP contribution in [0.5, 0.6) is 0 Å². The third-order valence-corrected chi connectivity index (χ3v) is 4.71. The number of rotatable bonds is 3. The van der Waals surface area contributed by atoms with Crippen LogP contribution in [0.25, 0.3) is 0 Å². The molecule has 1 aliphatic rings. The molecule has 0 radical (unpaired) electrons. The molecular weight excluding hydrogens is 433 g/mol. The van der Waals surface area contributed by atoms with E-state index in [9.17, 15) is 9.59 Å². The lowest BCUT2D eigenvalue weighted by Crippen LogP contribution is -2.54. The van der Waals surface area contributed by atoms with Crippen molar-refractivity contribution in [2.45, 2.75) is 29.8 Å². The average molecular weight is 451 g/mol. The molecule has 2 amide bonds. The summed E-state index contributed by atoms with van der Waals surface area (Å²) < 4.78 is -1.87. The Morgan fingerprint density at radius 1 is 1.26 bits per heavy atom. The van der Waals surface area contributed by atoms with Crippen LogP contribution in [-0.4, -0.2) is 50.7 Å². The smallest absolute Gasteiger partial charge is 0.289 e. The second kappa shape index (κ2) is 8.70. The van der Waals surface area contributed by atoms with Gasteiger partial charge < -0.3 is 10.6 Å². The summed E-state index contributed by atoms with van der Waals surface area (Å²) in [5.41, 5.74) is 0.933. The van der Waals surface area contributed by atoms with Gasteiger partial charge in [-0.15, -0.1) is 0 Å². The number of thiocarbonyl (C=S) groups is 1. The van der Waals surface area contributed by atoms with E-state index in [4.69, 9.17) is 47.0 Å². The van der Waals surface area contributed by atoms with Crippen molar-refractivity contribution < 1.29 is 9.59 Å². The molecular formula is C16H18Cl3N5O2S. The number of carbonyl (C=O) groups excluding carboxylic acids is 2. The largest absolute Gasteiger partial charge is 0.337 e. The van der Waals surface area contributed by atoms with Crippen LogP contribution in [0, 0.1) is 0 Å². The first-order valence-electron chi connectivity index (χ1n) is 7.87. The first kappa shape index (κ1) is 21.8. The van der Waals surface area contributed by atoms with Gasteiger partial charge in [-0.05, 0) is 31.3 Å². The molecule has 11 heteroatoms. The van der Waals surface area contributed by atoms with Crippen molar-refractivity contribution in [1.29, 1.82) is 0 Å². The normalized spacial score (nSPS) is 20.7. The SMILES string of the molecule is CC(=O)NC(NC(=S)N=C1C(=O)N(c2ccccc2)N(C)C1C)C(Cl)(Cl)Cl. The summed E-state index contributed by atoms with van der Waals surface area (Å²) in [6.07, 6.45) is -1.10. The molecule has 1 aromatic carbocycles. The standard InChI is InChI=1S/C16H18Cl3N5O2S/c1-9-12(13(26)24(23(9)3)11-7-5-4-6-8-11)21-15(27)22-14(16(17,18)19)20-10(2)25/h4-9,14H,1-3H3,(H,20,25)(H,22,27). The Balaban J connectivity index is 2.23. The fourth-order valence-corrected chi connectivity index (χ4v) is 3.00. The van der Waals surface area contributed by atoms with E-state index in [1.165, 1.54) is 11.9 Å². The average Bonchev–Trinajstić information content (AvgIpc) is 2.77. The number of para-hydroxylation sites is 1. The van der Waals surface area contributed by atoms with Crippen LogP contribution in [0.3, 0.4) is 0 Å². The minimum absolute atomic E-state index is 0.0846. The van der Waals surface area contributed by atoms with Crippen LogP contribution >= 0.6 is 47.0 Å². The van der Waals surface area contributed by atoms with Crippen LogP contribution in [-0.2, 0) is 9.59 Å². The minimum Gasteiger partial charge on any atom is -0.337 e. The first-order chi connectivity index (χ1) is 12.5. The van der Waals surface area contributed by atoms with Crippen molar-refractivity contribution in [3.63, 3.8) is 0 Å². The van der Waals surface area contributed by atoms with Gasteiger partial charge in [-0.3, -0.25) is 9.59 Å². The molecule has 0 bridgehead atoms. The Kier molecular flexibility index (Phi) is 7.04. The molecule has 0 aromatic heterocycles. The lowest BCUT2D eigenvalue weighted by molar-refractivity contribution is -0.119. The Morgan fingerprint density at radius 2 is 1.85 bits per heavy atom. The van der Waals surface area contributed by atoms with Crippen LogP contribution in [0.4, 0.5) is 5.69 Å². The van der Waals surface area contributed by atoms with Crippen LogP contribution < -0.4 is 15.6 Å². The number of hydrazine groups is 1. The molecule has 0 spiro atoms. The summed E-state index contributed by atoms with van der Waals surface area (Å²) >= 11 is 22.7. The minimum atomic E-state index is -1.87. The molecule has 1 heterocycles. The van der Waals surface area contributed by atoms with Gasteiger partial charge in [0, 0.05) is 14.0 Å². The molecule has 1 aliphatic heterocycles. The number of amides is 2. The predicted octanol–water partition coefficient (Wildman–Crippen LogP) is 2.42. The third kappa shape index (κ3) is 5.30. The molecule has 146 valence electrons. The highest BCUT2D eigenvalue weighted by molar-refractivity contribution is 7.80. The lowest BCUT2D eigenvalue weighted by atomic mass is 10.2. The molecule has 27 heavy (non-hydrogen) atoms. The summed E-state index contributed by atoms with van der Waals surface area (Å²) in [5, 5.41) is 8.26. The van der Waals surface area contributed by atoms with Crippen molar-refractivity contribution in [1.82, 2.24) is 15.6 Å². The fourth-order valence-electron chi connectivity index (χ4n) is 2.46. The third-order valence-electron chi connectivity index (χ3n) is 3.85. The summed E-state index contributed by atoms with van der Waals surface area (Å²) in [6, 6.07) is 8.83. The number of nitrogens with one attached hydrogen (secondary N) is 2. The van der Waals surface area contributed by atoms with E-state index in [1.807, 2.05) is 37.3 Å².